The minimum absolute atomic E-state index is 0.0192. The average molecular weight is 288 g/mol. The predicted molar refractivity (Wildman–Crippen MR) is 76.6 cm³/mol. The molecule has 1 amide bonds. The first kappa shape index (κ1) is 14.6. The molecular weight excluding hydrogens is 275 g/mol. The van der Waals surface area contributed by atoms with Crippen LogP contribution in [0.4, 0.5) is 15.8 Å². The zero-order chi connectivity index (χ0) is 15.4. The van der Waals surface area contributed by atoms with Crippen LogP contribution in [-0.2, 0) is 11.2 Å². The Bertz CT molecular complexity index is 684. The third-order valence-corrected chi connectivity index (χ3v) is 2.90. The summed E-state index contributed by atoms with van der Waals surface area (Å²) in [4.78, 5) is 22.3. The molecule has 0 aliphatic heterocycles. The number of aryl methyl sites for hydroxylation is 1. The Morgan fingerprint density at radius 2 is 1.90 bits per heavy atom. The molecule has 0 saturated carbocycles. The van der Waals surface area contributed by atoms with Crippen LogP contribution in [0, 0.1) is 22.9 Å². The van der Waals surface area contributed by atoms with E-state index in [1.165, 1.54) is 36.4 Å². The van der Waals surface area contributed by atoms with E-state index in [-0.39, 0.29) is 23.6 Å². The summed E-state index contributed by atoms with van der Waals surface area (Å²) >= 11 is 0. The number of carbonyl (C=O) groups is 1. The van der Waals surface area contributed by atoms with Crippen molar-refractivity contribution in [2.45, 2.75) is 13.3 Å². The molecule has 5 nitrogen and oxygen atoms in total. The number of benzene rings is 2. The maximum absolute atomic E-state index is 12.8. The molecule has 0 fully saturated rings. The van der Waals surface area contributed by atoms with E-state index < -0.39 is 10.8 Å². The van der Waals surface area contributed by atoms with Gasteiger partial charge in [0.25, 0.3) is 5.69 Å². The number of anilines is 1. The summed E-state index contributed by atoms with van der Waals surface area (Å²) in [7, 11) is 0. The van der Waals surface area contributed by atoms with Gasteiger partial charge in [-0.25, -0.2) is 4.39 Å². The van der Waals surface area contributed by atoms with E-state index in [2.05, 4.69) is 5.32 Å². The van der Waals surface area contributed by atoms with Gasteiger partial charge in [0.1, 0.15) is 11.5 Å². The molecular formula is C15H13FN2O3. The van der Waals surface area contributed by atoms with Crippen LogP contribution in [0.15, 0.2) is 42.5 Å². The van der Waals surface area contributed by atoms with Crippen molar-refractivity contribution in [2.24, 2.45) is 0 Å². The van der Waals surface area contributed by atoms with Crippen LogP contribution in [0.5, 0.6) is 0 Å². The fourth-order valence-electron chi connectivity index (χ4n) is 1.88. The van der Waals surface area contributed by atoms with Crippen molar-refractivity contribution in [1.82, 2.24) is 0 Å². The molecule has 0 aliphatic carbocycles. The van der Waals surface area contributed by atoms with Crippen LogP contribution in [0.2, 0.25) is 0 Å². The SMILES string of the molecule is Cc1ccc(NC(=O)Cc2ccc(F)cc2)c([N+](=O)[O-])c1. The highest BCUT2D eigenvalue weighted by Gasteiger charge is 2.16. The fraction of sp³-hybridized carbons (Fsp3) is 0.133. The van der Waals surface area contributed by atoms with Gasteiger partial charge < -0.3 is 5.32 Å². The van der Waals surface area contributed by atoms with Crippen molar-refractivity contribution in [3.05, 3.63) is 69.5 Å². The van der Waals surface area contributed by atoms with Crippen molar-refractivity contribution in [2.75, 3.05) is 5.32 Å². The quantitative estimate of drug-likeness (QED) is 0.693. The number of nitrogens with zero attached hydrogens (tertiary/aromatic N) is 1. The van der Waals surface area contributed by atoms with E-state index in [9.17, 15) is 19.3 Å². The Kier molecular flexibility index (Phi) is 4.27. The van der Waals surface area contributed by atoms with E-state index in [0.717, 1.165) is 5.56 Å². The molecule has 0 spiro atoms. The highest BCUT2D eigenvalue weighted by molar-refractivity contribution is 5.94. The van der Waals surface area contributed by atoms with Gasteiger partial charge in [0, 0.05) is 6.07 Å². The molecule has 0 saturated heterocycles. The van der Waals surface area contributed by atoms with Crippen LogP contribution >= 0.6 is 0 Å². The van der Waals surface area contributed by atoms with E-state index in [0.29, 0.717) is 5.56 Å². The normalized spacial score (nSPS) is 10.2. The summed E-state index contributed by atoms with van der Waals surface area (Å²) in [6.45, 7) is 1.73. The third-order valence-electron chi connectivity index (χ3n) is 2.90. The predicted octanol–water partition coefficient (Wildman–Crippen LogP) is 3.22. The van der Waals surface area contributed by atoms with E-state index in [1.807, 2.05) is 0 Å². The summed E-state index contributed by atoms with van der Waals surface area (Å²) in [5.74, 6) is -0.776. The van der Waals surface area contributed by atoms with Crippen LogP contribution in [0.25, 0.3) is 0 Å². The standard InChI is InChI=1S/C15H13FN2O3/c1-10-2-7-13(14(8-10)18(20)21)17-15(19)9-11-3-5-12(16)6-4-11/h2-8H,9H2,1H3,(H,17,19). The van der Waals surface area contributed by atoms with E-state index in [1.54, 1.807) is 13.0 Å². The molecule has 2 aromatic rings. The van der Waals surface area contributed by atoms with Gasteiger partial charge in [-0.15, -0.1) is 0 Å². The van der Waals surface area contributed by atoms with Gasteiger partial charge in [0.2, 0.25) is 5.91 Å². The molecule has 2 rings (SSSR count). The minimum atomic E-state index is -0.541. The molecule has 108 valence electrons. The molecule has 0 atom stereocenters. The smallest absolute Gasteiger partial charge is 0.293 e. The Balaban J connectivity index is 2.12. The second-order valence-electron chi connectivity index (χ2n) is 4.63. The van der Waals surface area contributed by atoms with Crippen LogP contribution in [0.3, 0.4) is 0 Å². The van der Waals surface area contributed by atoms with Crippen molar-refractivity contribution < 1.29 is 14.1 Å². The van der Waals surface area contributed by atoms with Gasteiger partial charge in [-0.3, -0.25) is 14.9 Å². The second-order valence-corrected chi connectivity index (χ2v) is 4.63. The van der Waals surface area contributed by atoms with Crippen molar-refractivity contribution in [3.63, 3.8) is 0 Å². The van der Waals surface area contributed by atoms with Crippen molar-refractivity contribution in [1.29, 1.82) is 0 Å². The molecule has 0 heterocycles. The molecule has 0 unspecified atom stereocenters. The van der Waals surface area contributed by atoms with Crippen LogP contribution in [-0.4, -0.2) is 10.8 Å². The first-order valence-electron chi connectivity index (χ1n) is 6.25. The molecule has 21 heavy (non-hydrogen) atoms. The van der Waals surface area contributed by atoms with Gasteiger partial charge in [-0.2, -0.15) is 0 Å². The number of hydrogen-bond acceptors (Lipinski definition) is 3. The lowest BCUT2D eigenvalue weighted by Crippen LogP contribution is -2.15. The first-order valence-corrected chi connectivity index (χ1v) is 6.25. The number of amides is 1. The zero-order valence-corrected chi connectivity index (χ0v) is 11.3. The number of rotatable bonds is 4. The lowest BCUT2D eigenvalue weighted by Gasteiger charge is -2.07. The number of nitro benzene ring substituents is 1. The number of nitro groups is 1. The molecule has 6 heteroatoms. The van der Waals surface area contributed by atoms with Crippen molar-refractivity contribution >= 4 is 17.3 Å². The molecule has 1 N–H and O–H groups in total. The molecule has 2 aromatic carbocycles. The van der Waals surface area contributed by atoms with E-state index in [4.69, 9.17) is 0 Å². The number of hydrogen-bond donors (Lipinski definition) is 1. The number of carbonyl (C=O) groups excluding carboxylic acids is 1. The summed E-state index contributed by atoms with van der Waals surface area (Å²) < 4.78 is 12.8. The Hall–Kier alpha value is -2.76. The fourth-order valence-corrected chi connectivity index (χ4v) is 1.88. The maximum atomic E-state index is 12.8. The highest BCUT2D eigenvalue weighted by Crippen LogP contribution is 2.25. The third kappa shape index (κ3) is 3.85. The lowest BCUT2D eigenvalue weighted by atomic mass is 10.1. The Morgan fingerprint density at radius 1 is 1.24 bits per heavy atom. The summed E-state index contributed by atoms with van der Waals surface area (Å²) in [5.41, 5.74) is 1.36. The second kappa shape index (κ2) is 6.13. The molecule has 0 aliphatic rings. The largest absolute Gasteiger partial charge is 0.320 e. The van der Waals surface area contributed by atoms with E-state index >= 15 is 0 Å². The van der Waals surface area contributed by atoms with Gasteiger partial charge >= 0.3 is 0 Å². The highest BCUT2D eigenvalue weighted by atomic mass is 19.1. The lowest BCUT2D eigenvalue weighted by molar-refractivity contribution is -0.384. The van der Waals surface area contributed by atoms with Gasteiger partial charge in [0.05, 0.1) is 11.3 Å². The van der Waals surface area contributed by atoms with Crippen LogP contribution < -0.4 is 5.32 Å². The van der Waals surface area contributed by atoms with Gasteiger partial charge in [-0.05, 0) is 36.2 Å². The van der Waals surface area contributed by atoms with Gasteiger partial charge in [0.15, 0.2) is 0 Å². The topological polar surface area (TPSA) is 72.2 Å². The first-order chi connectivity index (χ1) is 9.95. The number of nitrogens with one attached hydrogen (secondary N) is 1. The molecule has 0 radical (unpaired) electrons. The van der Waals surface area contributed by atoms with Crippen LogP contribution in [0.1, 0.15) is 11.1 Å². The minimum Gasteiger partial charge on any atom is -0.320 e. The van der Waals surface area contributed by atoms with Crippen molar-refractivity contribution in [3.8, 4) is 0 Å². The summed E-state index contributed by atoms with van der Waals surface area (Å²) in [6, 6.07) is 10.1. The zero-order valence-electron chi connectivity index (χ0n) is 11.3. The number of halogens is 1. The summed E-state index contributed by atoms with van der Waals surface area (Å²) in [6.07, 6.45) is 0.0192. The maximum Gasteiger partial charge on any atom is 0.293 e. The Labute approximate surface area is 120 Å². The Morgan fingerprint density at radius 3 is 2.52 bits per heavy atom. The monoisotopic (exact) mass is 288 g/mol. The van der Waals surface area contributed by atoms with Gasteiger partial charge in [-0.1, -0.05) is 18.2 Å². The molecule has 0 bridgehead atoms. The summed E-state index contributed by atoms with van der Waals surface area (Å²) in [5, 5.41) is 13.5. The molecule has 0 aromatic heterocycles. The average Bonchev–Trinajstić information content (AvgIpc) is 2.43.